The molecule has 0 unspecified atom stereocenters. The second-order valence-electron chi connectivity index (χ2n) is 5.26. The Morgan fingerprint density at radius 3 is 2.20 bits per heavy atom. The van der Waals surface area contributed by atoms with Gasteiger partial charge in [-0.05, 0) is 48.4 Å². The minimum absolute atomic E-state index is 1.04. The number of benzene rings is 2. The van der Waals surface area contributed by atoms with E-state index in [1.807, 2.05) is 6.92 Å². The topological polar surface area (TPSA) is 0 Å². The van der Waals surface area contributed by atoms with Gasteiger partial charge >= 0.3 is 0 Å². The lowest BCUT2D eigenvalue weighted by molar-refractivity contribution is 0.819. The molecule has 2 aromatic carbocycles. The van der Waals surface area contributed by atoms with Crippen LogP contribution in [0, 0.1) is 0 Å². The summed E-state index contributed by atoms with van der Waals surface area (Å²) in [6, 6.07) is 19.2. The molecule has 0 spiro atoms. The van der Waals surface area contributed by atoms with Gasteiger partial charge in [-0.1, -0.05) is 73.3 Å². The molecule has 0 aliphatic carbocycles. The summed E-state index contributed by atoms with van der Waals surface area (Å²) < 4.78 is 0. The van der Waals surface area contributed by atoms with Crippen LogP contribution in [0.25, 0.3) is 5.57 Å². The Hall–Kier alpha value is -2.08. The Kier molecular flexibility index (Phi) is 4.95. The first-order valence-corrected chi connectivity index (χ1v) is 7.15. The molecule has 0 amide bonds. The third-order valence-electron chi connectivity index (χ3n) is 3.61. The predicted octanol–water partition coefficient (Wildman–Crippen LogP) is 5.45. The van der Waals surface area contributed by atoms with Crippen molar-refractivity contribution in [2.75, 3.05) is 0 Å². The molecule has 102 valence electrons. The third-order valence-corrected chi connectivity index (χ3v) is 3.61. The van der Waals surface area contributed by atoms with Crippen LogP contribution >= 0.6 is 0 Å². The molecule has 0 aliphatic rings. The van der Waals surface area contributed by atoms with Crippen LogP contribution in [-0.4, -0.2) is 0 Å². The molecule has 0 N–H and O–H groups in total. The highest BCUT2D eigenvalue weighted by Crippen LogP contribution is 2.24. The molecule has 20 heavy (non-hydrogen) atoms. The molecular formula is C20H22. The summed E-state index contributed by atoms with van der Waals surface area (Å²) in [6.45, 7) is 10.2. The van der Waals surface area contributed by atoms with Crippen LogP contribution in [0.15, 0.2) is 73.3 Å². The molecule has 0 aliphatic heterocycles. The van der Waals surface area contributed by atoms with Crippen LogP contribution in [0.3, 0.4) is 0 Å². The Balaban J connectivity index is 2.03. The van der Waals surface area contributed by atoms with Gasteiger partial charge in [-0.15, -0.1) is 0 Å². The number of aryl methyl sites for hydroxylation is 2. The second kappa shape index (κ2) is 6.91. The van der Waals surface area contributed by atoms with E-state index < -0.39 is 0 Å². The number of hydrogen-bond acceptors (Lipinski definition) is 0. The van der Waals surface area contributed by atoms with E-state index in [0.29, 0.717) is 0 Å². The van der Waals surface area contributed by atoms with Crippen LogP contribution < -0.4 is 0 Å². The van der Waals surface area contributed by atoms with Crippen LogP contribution in [0.4, 0.5) is 0 Å². The van der Waals surface area contributed by atoms with E-state index in [9.17, 15) is 0 Å². The van der Waals surface area contributed by atoms with E-state index in [1.54, 1.807) is 0 Å². The average molecular weight is 262 g/mol. The highest BCUT2D eigenvalue weighted by atomic mass is 14.1. The molecule has 0 atom stereocenters. The van der Waals surface area contributed by atoms with E-state index in [1.165, 1.54) is 16.7 Å². The number of hydrogen-bond donors (Lipinski definition) is 0. The first-order valence-electron chi connectivity index (χ1n) is 7.15. The van der Waals surface area contributed by atoms with Gasteiger partial charge in [0.25, 0.3) is 0 Å². The third kappa shape index (κ3) is 3.71. The normalized spacial score (nSPS) is 10.2. The maximum absolute atomic E-state index is 4.15. The molecule has 0 heterocycles. The van der Waals surface area contributed by atoms with Crippen molar-refractivity contribution in [2.45, 2.75) is 26.2 Å². The van der Waals surface area contributed by atoms with Crippen molar-refractivity contribution >= 4 is 5.57 Å². The Labute approximate surface area is 122 Å². The zero-order valence-corrected chi connectivity index (χ0v) is 12.2. The molecule has 0 radical (unpaired) electrons. The Bertz CT molecular complexity index is 590. The molecule has 0 nitrogen and oxygen atoms in total. The van der Waals surface area contributed by atoms with Gasteiger partial charge in [0.1, 0.15) is 0 Å². The van der Waals surface area contributed by atoms with E-state index >= 15 is 0 Å². The van der Waals surface area contributed by atoms with E-state index in [4.69, 9.17) is 0 Å². The average Bonchev–Trinajstić information content (AvgIpc) is 2.48. The number of rotatable bonds is 6. The zero-order valence-electron chi connectivity index (χ0n) is 12.2. The first-order chi connectivity index (χ1) is 9.68. The smallest absolute Gasteiger partial charge is 0.0155 e. The lowest BCUT2D eigenvalue weighted by Gasteiger charge is -2.12. The minimum Gasteiger partial charge on any atom is -0.0955 e. The first kappa shape index (κ1) is 14.3. The predicted molar refractivity (Wildman–Crippen MR) is 88.8 cm³/mol. The lowest BCUT2D eigenvalue weighted by atomic mass is 9.93. The summed E-state index contributed by atoms with van der Waals surface area (Å²) in [6.07, 6.45) is 3.36. The number of allylic oxidation sites excluding steroid dienone is 2. The quantitative estimate of drug-likeness (QED) is 0.607. The van der Waals surface area contributed by atoms with Gasteiger partial charge in [0.05, 0.1) is 0 Å². The molecule has 0 fully saturated rings. The van der Waals surface area contributed by atoms with Crippen LogP contribution in [0.1, 0.15) is 30.0 Å². The molecular weight excluding hydrogens is 240 g/mol. The van der Waals surface area contributed by atoms with Crippen LogP contribution in [-0.2, 0) is 12.8 Å². The molecule has 0 saturated carbocycles. The largest absolute Gasteiger partial charge is 0.0955 e. The van der Waals surface area contributed by atoms with Crippen molar-refractivity contribution in [3.05, 3.63) is 90.0 Å². The van der Waals surface area contributed by atoms with E-state index in [0.717, 1.165) is 30.4 Å². The monoisotopic (exact) mass is 262 g/mol. The van der Waals surface area contributed by atoms with Crippen molar-refractivity contribution in [1.82, 2.24) is 0 Å². The van der Waals surface area contributed by atoms with Gasteiger partial charge in [0.15, 0.2) is 0 Å². The highest BCUT2D eigenvalue weighted by Gasteiger charge is 2.06. The summed E-state index contributed by atoms with van der Waals surface area (Å²) in [4.78, 5) is 0. The minimum atomic E-state index is 1.04. The van der Waals surface area contributed by atoms with Crippen molar-refractivity contribution in [1.29, 1.82) is 0 Å². The van der Waals surface area contributed by atoms with Gasteiger partial charge < -0.3 is 0 Å². The Morgan fingerprint density at radius 2 is 1.50 bits per heavy atom. The van der Waals surface area contributed by atoms with Gasteiger partial charge in [-0.3, -0.25) is 0 Å². The van der Waals surface area contributed by atoms with Gasteiger partial charge in [0.2, 0.25) is 0 Å². The van der Waals surface area contributed by atoms with Crippen LogP contribution in [0.2, 0.25) is 0 Å². The van der Waals surface area contributed by atoms with E-state index in [2.05, 4.69) is 67.8 Å². The summed E-state index contributed by atoms with van der Waals surface area (Å²) in [5.41, 5.74) is 6.12. The summed E-state index contributed by atoms with van der Waals surface area (Å²) in [5.74, 6) is 0. The Morgan fingerprint density at radius 1 is 0.850 bits per heavy atom. The molecule has 2 aromatic rings. The molecule has 2 rings (SSSR count). The van der Waals surface area contributed by atoms with E-state index in [-0.39, 0.29) is 0 Å². The fraction of sp³-hybridized carbons (Fsp3) is 0.200. The van der Waals surface area contributed by atoms with Gasteiger partial charge in [-0.25, -0.2) is 0 Å². The zero-order chi connectivity index (χ0) is 14.4. The highest BCUT2D eigenvalue weighted by molar-refractivity contribution is 5.77. The summed E-state index contributed by atoms with van der Waals surface area (Å²) in [5, 5.41) is 0. The summed E-state index contributed by atoms with van der Waals surface area (Å²) >= 11 is 0. The SMILES string of the molecule is C=C(C)C(=C)c1ccccc1CCCc1ccccc1. The fourth-order valence-electron chi connectivity index (χ4n) is 2.39. The molecule has 0 aromatic heterocycles. The van der Waals surface area contributed by atoms with Crippen molar-refractivity contribution in [2.24, 2.45) is 0 Å². The molecule has 0 saturated heterocycles. The van der Waals surface area contributed by atoms with Crippen molar-refractivity contribution < 1.29 is 0 Å². The van der Waals surface area contributed by atoms with Crippen molar-refractivity contribution in [3.8, 4) is 0 Å². The van der Waals surface area contributed by atoms with Gasteiger partial charge in [0, 0.05) is 0 Å². The van der Waals surface area contributed by atoms with Gasteiger partial charge in [-0.2, -0.15) is 0 Å². The second-order valence-corrected chi connectivity index (χ2v) is 5.26. The van der Waals surface area contributed by atoms with Crippen molar-refractivity contribution in [3.63, 3.8) is 0 Å². The molecule has 0 bridgehead atoms. The molecule has 0 heteroatoms. The summed E-state index contributed by atoms with van der Waals surface area (Å²) in [7, 11) is 0. The standard InChI is InChI=1S/C20H22/c1-16(2)17(3)20-15-8-7-13-19(20)14-9-12-18-10-5-4-6-11-18/h4-8,10-11,13,15H,1,3,9,12,14H2,2H3. The lowest BCUT2D eigenvalue weighted by Crippen LogP contribution is -1.95. The maximum atomic E-state index is 4.15. The van der Waals surface area contributed by atoms with Crippen LogP contribution in [0.5, 0.6) is 0 Å². The fourth-order valence-corrected chi connectivity index (χ4v) is 2.39. The maximum Gasteiger partial charge on any atom is -0.0155 e.